The smallest absolute Gasteiger partial charge is 0.185 e. The van der Waals surface area contributed by atoms with Gasteiger partial charge >= 0.3 is 0 Å². The molecule has 3 aromatic rings. The molecule has 0 fully saturated rings. The number of hydrogen-bond acceptors (Lipinski definition) is 3. The SMILES string of the molecule is CCOc1cccc(C(=O)/C=C/c2ccc3sccc3c2)c1. The van der Waals surface area contributed by atoms with Crippen LogP contribution in [0.15, 0.2) is 60.0 Å². The molecule has 2 nitrogen and oxygen atoms in total. The van der Waals surface area contributed by atoms with Crippen molar-refractivity contribution < 1.29 is 9.53 Å². The van der Waals surface area contributed by atoms with Gasteiger partial charge in [0, 0.05) is 10.3 Å². The van der Waals surface area contributed by atoms with Gasteiger partial charge in [-0.3, -0.25) is 4.79 Å². The zero-order valence-corrected chi connectivity index (χ0v) is 13.1. The number of fused-ring (bicyclic) bond motifs is 1. The molecule has 0 aliphatic heterocycles. The third-order valence-electron chi connectivity index (χ3n) is 3.33. The fourth-order valence-corrected chi connectivity index (χ4v) is 3.03. The summed E-state index contributed by atoms with van der Waals surface area (Å²) in [5, 5.41) is 3.28. The molecule has 0 saturated heterocycles. The van der Waals surface area contributed by atoms with E-state index in [9.17, 15) is 4.79 Å². The molecular weight excluding hydrogens is 292 g/mol. The van der Waals surface area contributed by atoms with E-state index in [0.29, 0.717) is 12.2 Å². The maximum Gasteiger partial charge on any atom is 0.185 e. The molecule has 2 aromatic carbocycles. The first-order valence-corrected chi connectivity index (χ1v) is 8.07. The van der Waals surface area contributed by atoms with E-state index in [0.717, 1.165) is 11.3 Å². The summed E-state index contributed by atoms with van der Waals surface area (Å²) in [4.78, 5) is 12.2. The molecule has 22 heavy (non-hydrogen) atoms. The van der Waals surface area contributed by atoms with Gasteiger partial charge in [-0.05, 0) is 59.7 Å². The van der Waals surface area contributed by atoms with Crippen LogP contribution in [0.25, 0.3) is 16.2 Å². The number of ether oxygens (including phenoxy) is 1. The zero-order chi connectivity index (χ0) is 15.4. The molecule has 1 heterocycles. The van der Waals surface area contributed by atoms with Gasteiger partial charge in [0.25, 0.3) is 0 Å². The first kappa shape index (κ1) is 14.5. The van der Waals surface area contributed by atoms with Crippen LogP contribution in [0.2, 0.25) is 0 Å². The fourth-order valence-electron chi connectivity index (χ4n) is 2.26. The molecule has 0 unspecified atom stereocenters. The van der Waals surface area contributed by atoms with Crippen molar-refractivity contribution in [3.63, 3.8) is 0 Å². The fraction of sp³-hybridized carbons (Fsp3) is 0.105. The van der Waals surface area contributed by atoms with Gasteiger partial charge in [0.1, 0.15) is 5.75 Å². The van der Waals surface area contributed by atoms with Gasteiger partial charge in [-0.2, -0.15) is 0 Å². The van der Waals surface area contributed by atoms with Crippen LogP contribution in [0.4, 0.5) is 0 Å². The second kappa shape index (κ2) is 6.58. The third-order valence-corrected chi connectivity index (χ3v) is 4.23. The number of allylic oxidation sites excluding steroid dienone is 1. The van der Waals surface area contributed by atoms with Crippen molar-refractivity contribution in [2.75, 3.05) is 6.61 Å². The lowest BCUT2D eigenvalue weighted by molar-refractivity contribution is 0.104. The maximum absolute atomic E-state index is 12.2. The predicted molar refractivity (Wildman–Crippen MR) is 92.8 cm³/mol. The summed E-state index contributed by atoms with van der Waals surface area (Å²) in [6.45, 7) is 2.52. The standard InChI is InChI=1S/C19H16O2S/c1-2-21-17-5-3-4-15(13-17)18(20)8-6-14-7-9-19-16(12-14)10-11-22-19/h3-13H,2H2,1H3/b8-6+. The lowest BCUT2D eigenvalue weighted by Gasteiger charge is -2.03. The minimum absolute atomic E-state index is 0.0213. The molecular formula is C19H16O2S. The highest BCUT2D eigenvalue weighted by molar-refractivity contribution is 7.17. The van der Waals surface area contributed by atoms with Gasteiger partial charge in [-0.15, -0.1) is 11.3 Å². The molecule has 3 heteroatoms. The molecule has 1 aromatic heterocycles. The van der Waals surface area contributed by atoms with E-state index in [2.05, 4.69) is 23.6 Å². The maximum atomic E-state index is 12.2. The Morgan fingerprint density at radius 3 is 2.95 bits per heavy atom. The number of carbonyl (C=O) groups is 1. The Labute approximate surface area is 133 Å². The second-order valence-corrected chi connectivity index (χ2v) is 5.82. The summed E-state index contributed by atoms with van der Waals surface area (Å²) in [5.74, 6) is 0.702. The van der Waals surface area contributed by atoms with Gasteiger partial charge < -0.3 is 4.74 Å². The first-order chi connectivity index (χ1) is 10.8. The molecule has 0 N–H and O–H groups in total. The number of benzene rings is 2. The molecule has 0 radical (unpaired) electrons. The second-order valence-electron chi connectivity index (χ2n) is 4.88. The Balaban J connectivity index is 1.79. The van der Waals surface area contributed by atoms with E-state index < -0.39 is 0 Å². The number of carbonyl (C=O) groups excluding carboxylic acids is 1. The zero-order valence-electron chi connectivity index (χ0n) is 12.3. The number of rotatable bonds is 5. The Hall–Kier alpha value is -2.39. The lowest BCUT2D eigenvalue weighted by Crippen LogP contribution is -1.96. The largest absolute Gasteiger partial charge is 0.494 e. The first-order valence-electron chi connectivity index (χ1n) is 7.19. The number of thiophene rings is 1. The molecule has 0 aliphatic rings. The highest BCUT2D eigenvalue weighted by atomic mass is 32.1. The van der Waals surface area contributed by atoms with Crippen LogP contribution in [-0.4, -0.2) is 12.4 Å². The average Bonchev–Trinajstić information content (AvgIpc) is 3.01. The van der Waals surface area contributed by atoms with Crippen LogP contribution in [0.5, 0.6) is 5.75 Å². The van der Waals surface area contributed by atoms with Gasteiger partial charge in [0.05, 0.1) is 6.61 Å². The average molecular weight is 308 g/mol. The third kappa shape index (κ3) is 3.26. The Bertz CT molecular complexity index is 830. The van der Waals surface area contributed by atoms with Crippen LogP contribution < -0.4 is 4.74 Å². The van der Waals surface area contributed by atoms with E-state index >= 15 is 0 Å². The highest BCUT2D eigenvalue weighted by Gasteiger charge is 2.03. The van der Waals surface area contributed by atoms with Crippen LogP contribution in [0, 0.1) is 0 Å². The normalized spacial score (nSPS) is 11.1. The Kier molecular flexibility index (Phi) is 4.35. The summed E-state index contributed by atoms with van der Waals surface area (Å²) >= 11 is 1.72. The topological polar surface area (TPSA) is 26.3 Å². The van der Waals surface area contributed by atoms with E-state index in [1.54, 1.807) is 29.5 Å². The summed E-state index contributed by atoms with van der Waals surface area (Å²) in [5.41, 5.74) is 1.67. The molecule has 0 saturated carbocycles. The van der Waals surface area contributed by atoms with Crippen molar-refractivity contribution >= 4 is 33.3 Å². The number of hydrogen-bond donors (Lipinski definition) is 0. The molecule has 0 spiro atoms. The Morgan fingerprint density at radius 2 is 2.09 bits per heavy atom. The Morgan fingerprint density at radius 1 is 1.18 bits per heavy atom. The van der Waals surface area contributed by atoms with Gasteiger partial charge in [0.15, 0.2) is 5.78 Å². The van der Waals surface area contributed by atoms with Crippen LogP contribution >= 0.6 is 11.3 Å². The van der Waals surface area contributed by atoms with Crippen molar-refractivity contribution in [3.05, 3.63) is 71.1 Å². The summed E-state index contributed by atoms with van der Waals surface area (Å²) in [6.07, 6.45) is 3.46. The minimum atomic E-state index is -0.0213. The van der Waals surface area contributed by atoms with Gasteiger partial charge in [-0.1, -0.05) is 24.3 Å². The van der Waals surface area contributed by atoms with Crippen LogP contribution in [-0.2, 0) is 0 Å². The van der Waals surface area contributed by atoms with Crippen molar-refractivity contribution in [1.29, 1.82) is 0 Å². The molecule has 3 rings (SSSR count). The van der Waals surface area contributed by atoms with E-state index in [1.807, 2.05) is 31.2 Å². The number of ketones is 1. The minimum Gasteiger partial charge on any atom is -0.494 e. The van der Waals surface area contributed by atoms with Crippen molar-refractivity contribution in [2.24, 2.45) is 0 Å². The summed E-state index contributed by atoms with van der Waals surface area (Å²) < 4.78 is 6.68. The van der Waals surface area contributed by atoms with E-state index in [1.165, 1.54) is 10.1 Å². The molecule has 0 atom stereocenters. The molecule has 0 aliphatic carbocycles. The summed E-state index contributed by atoms with van der Waals surface area (Å²) in [6, 6.07) is 15.6. The quantitative estimate of drug-likeness (QED) is 0.478. The highest BCUT2D eigenvalue weighted by Crippen LogP contribution is 2.22. The predicted octanol–water partition coefficient (Wildman–Crippen LogP) is 5.20. The molecule has 0 bridgehead atoms. The van der Waals surface area contributed by atoms with Crippen molar-refractivity contribution in [2.45, 2.75) is 6.92 Å². The van der Waals surface area contributed by atoms with Crippen LogP contribution in [0.1, 0.15) is 22.8 Å². The lowest BCUT2D eigenvalue weighted by atomic mass is 10.1. The van der Waals surface area contributed by atoms with Crippen molar-refractivity contribution in [1.82, 2.24) is 0 Å². The van der Waals surface area contributed by atoms with Gasteiger partial charge in [0.2, 0.25) is 0 Å². The monoisotopic (exact) mass is 308 g/mol. The molecule has 0 amide bonds. The van der Waals surface area contributed by atoms with E-state index in [4.69, 9.17) is 4.74 Å². The van der Waals surface area contributed by atoms with Crippen molar-refractivity contribution in [3.8, 4) is 5.75 Å². The molecule has 110 valence electrons. The van der Waals surface area contributed by atoms with Crippen LogP contribution in [0.3, 0.4) is 0 Å². The van der Waals surface area contributed by atoms with Gasteiger partial charge in [-0.25, -0.2) is 0 Å². The summed E-state index contributed by atoms with van der Waals surface area (Å²) in [7, 11) is 0. The van der Waals surface area contributed by atoms with E-state index in [-0.39, 0.29) is 5.78 Å².